The molecule has 0 aliphatic heterocycles. The Balaban J connectivity index is 2.91. The van der Waals surface area contributed by atoms with Crippen LogP contribution in [0.25, 0.3) is 0 Å². The molecule has 3 nitrogen and oxygen atoms in total. The molecule has 1 aromatic heterocycles. The van der Waals surface area contributed by atoms with Crippen molar-refractivity contribution in [1.82, 2.24) is 9.97 Å². The Kier molecular flexibility index (Phi) is 4.57. The van der Waals surface area contributed by atoms with Gasteiger partial charge in [-0.15, -0.1) is 0 Å². The molecule has 0 atom stereocenters. The SMILES string of the molecule is CCCCc1nc(C)c(I)c(NC)n1. The van der Waals surface area contributed by atoms with Crippen molar-refractivity contribution >= 4 is 28.4 Å². The van der Waals surface area contributed by atoms with Gasteiger partial charge in [0, 0.05) is 13.5 Å². The molecule has 0 saturated heterocycles. The number of hydrogen-bond donors (Lipinski definition) is 1. The molecule has 1 heterocycles. The summed E-state index contributed by atoms with van der Waals surface area (Å²) in [6, 6.07) is 0. The number of hydrogen-bond acceptors (Lipinski definition) is 3. The van der Waals surface area contributed by atoms with Crippen LogP contribution >= 0.6 is 22.6 Å². The third kappa shape index (κ3) is 2.80. The van der Waals surface area contributed by atoms with E-state index in [0.717, 1.165) is 33.7 Å². The average Bonchev–Trinajstić information content (AvgIpc) is 2.19. The fraction of sp³-hybridized carbons (Fsp3) is 0.600. The number of anilines is 1. The molecular formula is C10H16IN3. The van der Waals surface area contributed by atoms with Crippen LogP contribution < -0.4 is 5.32 Å². The molecular weight excluding hydrogens is 289 g/mol. The molecule has 1 rings (SSSR count). The maximum atomic E-state index is 4.46. The monoisotopic (exact) mass is 305 g/mol. The number of nitrogens with zero attached hydrogens (tertiary/aromatic N) is 2. The van der Waals surface area contributed by atoms with Gasteiger partial charge < -0.3 is 5.32 Å². The molecule has 0 fully saturated rings. The molecule has 0 saturated carbocycles. The first kappa shape index (κ1) is 11.7. The second kappa shape index (κ2) is 5.48. The third-order valence-corrected chi connectivity index (χ3v) is 3.35. The zero-order valence-corrected chi connectivity index (χ0v) is 11.1. The van der Waals surface area contributed by atoms with E-state index in [4.69, 9.17) is 0 Å². The minimum Gasteiger partial charge on any atom is -0.372 e. The lowest BCUT2D eigenvalue weighted by Gasteiger charge is -2.07. The number of unbranched alkanes of at least 4 members (excludes halogenated alkanes) is 1. The Morgan fingerprint density at radius 2 is 2.07 bits per heavy atom. The summed E-state index contributed by atoms with van der Waals surface area (Å²) in [4.78, 5) is 8.92. The Morgan fingerprint density at radius 3 is 2.64 bits per heavy atom. The van der Waals surface area contributed by atoms with Crippen molar-refractivity contribution in [3.8, 4) is 0 Å². The van der Waals surface area contributed by atoms with Gasteiger partial charge in [0.25, 0.3) is 0 Å². The van der Waals surface area contributed by atoms with Crippen LogP contribution in [0.15, 0.2) is 0 Å². The maximum Gasteiger partial charge on any atom is 0.143 e. The van der Waals surface area contributed by atoms with E-state index in [2.05, 4.69) is 44.8 Å². The summed E-state index contributed by atoms with van der Waals surface area (Å²) in [7, 11) is 1.90. The first-order valence-electron chi connectivity index (χ1n) is 4.89. The van der Waals surface area contributed by atoms with E-state index in [1.54, 1.807) is 0 Å². The molecule has 0 unspecified atom stereocenters. The summed E-state index contributed by atoms with van der Waals surface area (Å²) in [5.41, 5.74) is 1.07. The van der Waals surface area contributed by atoms with E-state index in [1.807, 2.05) is 14.0 Å². The van der Waals surface area contributed by atoms with Crippen molar-refractivity contribution in [3.63, 3.8) is 0 Å². The Bertz CT molecular complexity index is 312. The number of rotatable bonds is 4. The van der Waals surface area contributed by atoms with Crippen molar-refractivity contribution in [2.75, 3.05) is 12.4 Å². The summed E-state index contributed by atoms with van der Waals surface area (Å²) < 4.78 is 1.12. The lowest BCUT2D eigenvalue weighted by atomic mass is 10.2. The standard InChI is InChI=1S/C10H16IN3/c1-4-5-6-8-13-7(2)9(11)10(12-3)14-8/h4-6H2,1-3H3,(H,12,13,14). The molecule has 0 bridgehead atoms. The predicted octanol–water partition coefficient (Wildman–Crippen LogP) is 2.77. The predicted molar refractivity (Wildman–Crippen MR) is 67.6 cm³/mol. The minimum atomic E-state index is 0.948. The van der Waals surface area contributed by atoms with E-state index in [-0.39, 0.29) is 0 Å². The third-order valence-electron chi connectivity index (χ3n) is 2.05. The summed E-state index contributed by atoms with van der Waals surface area (Å²) in [6.45, 7) is 4.21. The van der Waals surface area contributed by atoms with Gasteiger partial charge in [0.05, 0.1) is 9.26 Å². The lowest BCUT2D eigenvalue weighted by Crippen LogP contribution is -2.05. The molecule has 1 N–H and O–H groups in total. The molecule has 0 amide bonds. The van der Waals surface area contributed by atoms with Gasteiger partial charge in [-0.3, -0.25) is 0 Å². The van der Waals surface area contributed by atoms with E-state index >= 15 is 0 Å². The first-order valence-corrected chi connectivity index (χ1v) is 5.97. The summed E-state index contributed by atoms with van der Waals surface area (Å²) >= 11 is 2.27. The van der Waals surface area contributed by atoms with E-state index in [1.165, 1.54) is 6.42 Å². The van der Waals surface area contributed by atoms with Crippen LogP contribution in [0.5, 0.6) is 0 Å². The summed E-state index contributed by atoms with van der Waals surface area (Å²) in [5, 5.41) is 3.09. The lowest BCUT2D eigenvalue weighted by molar-refractivity contribution is 0.747. The van der Waals surface area contributed by atoms with Gasteiger partial charge >= 0.3 is 0 Å². The number of aryl methyl sites for hydroxylation is 2. The van der Waals surface area contributed by atoms with Gasteiger partial charge in [-0.2, -0.15) is 0 Å². The Hall–Kier alpha value is -0.390. The highest BCUT2D eigenvalue weighted by atomic mass is 127. The fourth-order valence-electron chi connectivity index (χ4n) is 1.23. The van der Waals surface area contributed by atoms with E-state index in [9.17, 15) is 0 Å². The Morgan fingerprint density at radius 1 is 1.36 bits per heavy atom. The highest BCUT2D eigenvalue weighted by Gasteiger charge is 2.06. The smallest absolute Gasteiger partial charge is 0.143 e. The van der Waals surface area contributed by atoms with Gasteiger partial charge in [-0.1, -0.05) is 13.3 Å². The van der Waals surface area contributed by atoms with Crippen LogP contribution in [-0.4, -0.2) is 17.0 Å². The van der Waals surface area contributed by atoms with E-state index < -0.39 is 0 Å². The van der Waals surface area contributed by atoms with Gasteiger partial charge in [0.2, 0.25) is 0 Å². The molecule has 0 aromatic carbocycles. The molecule has 0 aliphatic carbocycles. The minimum absolute atomic E-state index is 0.948. The number of nitrogens with one attached hydrogen (secondary N) is 1. The van der Waals surface area contributed by atoms with Crippen LogP contribution in [0.3, 0.4) is 0 Å². The quantitative estimate of drug-likeness (QED) is 0.869. The molecule has 78 valence electrons. The molecule has 0 spiro atoms. The van der Waals surface area contributed by atoms with Crippen molar-refractivity contribution in [3.05, 3.63) is 15.1 Å². The molecule has 1 aromatic rings. The highest BCUT2D eigenvalue weighted by molar-refractivity contribution is 14.1. The molecule has 0 aliphatic rings. The van der Waals surface area contributed by atoms with Crippen molar-refractivity contribution in [2.24, 2.45) is 0 Å². The van der Waals surface area contributed by atoms with Crippen LogP contribution in [0.2, 0.25) is 0 Å². The van der Waals surface area contributed by atoms with Gasteiger partial charge in [-0.05, 0) is 35.9 Å². The van der Waals surface area contributed by atoms with Crippen molar-refractivity contribution < 1.29 is 0 Å². The van der Waals surface area contributed by atoms with Crippen LogP contribution in [0.1, 0.15) is 31.3 Å². The number of aromatic nitrogens is 2. The zero-order chi connectivity index (χ0) is 10.6. The first-order chi connectivity index (χ1) is 6.69. The van der Waals surface area contributed by atoms with Crippen molar-refractivity contribution in [2.45, 2.75) is 33.1 Å². The fourth-order valence-corrected chi connectivity index (χ4v) is 1.74. The highest BCUT2D eigenvalue weighted by Crippen LogP contribution is 2.18. The van der Waals surface area contributed by atoms with Gasteiger partial charge in [0.1, 0.15) is 11.6 Å². The number of halogens is 1. The maximum absolute atomic E-state index is 4.46. The second-order valence-electron chi connectivity index (χ2n) is 3.24. The Labute approximate surface area is 98.9 Å². The summed E-state index contributed by atoms with van der Waals surface area (Å²) in [5.74, 6) is 1.90. The van der Waals surface area contributed by atoms with Gasteiger partial charge in [-0.25, -0.2) is 9.97 Å². The molecule has 0 radical (unpaired) electrons. The zero-order valence-electron chi connectivity index (χ0n) is 8.89. The molecule has 14 heavy (non-hydrogen) atoms. The van der Waals surface area contributed by atoms with Crippen LogP contribution in [0.4, 0.5) is 5.82 Å². The van der Waals surface area contributed by atoms with Crippen LogP contribution in [-0.2, 0) is 6.42 Å². The van der Waals surface area contributed by atoms with Crippen LogP contribution in [0, 0.1) is 10.5 Å². The molecule has 4 heteroatoms. The van der Waals surface area contributed by atoms with Crippen molar-refractivity contribution in [1.29, 1.82) is 0 Å². The average molecular weight is 305 g/mol. The van der Waals surface area contributed by atoms with E-state index in [0.29, 0.717) is 0 Å². The largest absolute Gasteiger partial charge is 0.372 e. The normalized spacial score (nSPS) is 10.3. The summed E-state index contributed by atoms with van der Waals surface area (Å²) in [6.07, 6.45) is 3.31. The topological polar surface area (TPSA) is 37.8 Å². The van der Waals surface area contributed by atoms with Gasteiger partial charge in [0.15, 0.2) is 0 Å². The second-order valence-corrected chi connectivity index (χ2v) is 4.32.